The average molecular weight is 448 g/mol. The molecule has 1 saturated heterocycles. The maximum Gasteiger partial charge on any atom is 0.255 e. The zero-order chi connectivity index (χ0) is 19.2. The van der Waals surface area contributed by atoms with Gasteiger partial charge in [0, 0.05) is 37.4 Å². The van der Waals surface area contributed by atoms with Gasteiger partial charge in [-0.1, -0.05) is 45.9 Å². The molecule has 1 aromatic carbocycles. The zero-order valence-corrected chi connectivity index (χ0v) is 17.6. The van der Waals surface area contributed by atoms with Crippen molar-refractivity contribution in [3.8, 4) is 0 Å². The highest BCUT2D eigenvalue weighted by Crippen LogP contribution is 2.20. The minimum absolute atomic E-state index is 0.0368. The van der Waals surface area contributed by atoms with Gasteiger partial charge < -0.3 is 9.80 Å². The van der Waals surface area contributed by atoms with Gasteiger partial charge in [-0.3, -0.25) is 9.59 Å². The summed E-state index contributed by atoms with van der Waals surface area (Å²) >= 11 is 4.89. The molecule has 0 radical (unpaired) electrons. The molecule has 2 amide bonds. The van der Waals surface area contributed by atoms with Crippen molar-refractivity contribution >= 4 is 39.5 Å². The summed E-state index contributed by atoms with van der Waals surface area (Å²) in [4.78, 5) is 32.6. The first-order valence-electron chi connectivity index (χ1n) is 8.90. The summed E-state index contributed by atoms with van der Waals surface area (Å²) in [5.74, 6) is 0.392. The second-order valence-electron chi connectivity index (χ2n) is 6.51. The summed E-state index contributed by atoms with van der Waals surface area (Å²) in [5.41, 5.74) is 1.68. The van der Waals surface area contributed by atoms with E-state index in [1.54, 1.807) is 24.2 Å². The average Bonchev–Trinajstić information content (AvgIpc) is 3.22. The molecule has 0 aliphatic carbocycles. The SMILES string of the molecule is CN(Cc1ccccc1Br)C(=O)CSc1ccc(C(=O)N2CCCC2)cn1. The largest absolute Gasteiger partial charge is 0.341 e. The minimum atomic E-state index is 0.0368. The fourth-order valence-corrected chi connectivity index (χ4v) is 4.10. The van der Waals surface area contributed by atoms with Crippen LogP contribution >= 0.6 is 27.7 Å². The lowest BCUT2D eigenvalue weighted by Gasteiger charge is -2.18. The van der Waals surface area contributed by atoms with Gasteiger partial charge in [-0.2, -0.15) is 0 Å². The first-order valence-corrected chi connectivity index (χ1v) is 10.7. The van der Waals surface area contributed by atoms with E-state index < -0.39 is 0 Å². The lowest BCUT2D eigenvalue weighted by Crippen LogP contribution is -2.28. The monoisotopic (exact) mass is 447 g/mol. The number of thioether (sulfide) groups is 1. The van der Waals surface area contributed by atoms with Crippen LogP contribution in [0.25, 0.3) is 0 Å². The van der Waals surface area contributed by atoms with Gasteiger partial charge in [0.2, 0.25) is 5.91 Å². The molecule has 1 aliphatic rings. The van der Waals surface area contributed by atoms with E-state index in [1.807, 2.05) is 35.2 Å². The topological polar surface area (TPSA) is 53.5 Å². The third-order valence-electron chi connectivity index (χ3n) is 4.51. The van der Waals surface area contributed by atoms with Gasteiger partial charge >= 0.3 is 0 Å². The van der Waals surface area contributed by atoms with Crippen molar-refractivity contribution in [2.75, 3.05) is 25.9 Å². The number of carbonyl (C=O) groups excluding carboxylic acids is 2. The molecule has 7 heteroatoms. The van der Waals surface area contributed by atoms with Crippen LogP contribution in [0.3, 0.4) is 0 Å². The van der Waals surface area contributed by atoms with E-state index >= 15 is 0 Å². The minimum Gasteiger partial charge on any atom is -0.341 e. The van der Waals surface area contributed by atoms with Gasteiger partial charge in [0.15, 0.2) is 0 Å². The van der Waals surface area contributed by atoms with Crippen molar-refractivity contribution in [2.45, 2.75) is 24.4 Å². The number of benzene rings is 1. The maximum atomic E-state index is 12.4. The Hall–Kier alpha value is -1.86. The molecule has 2 heterocycles. The Morgan fingerprint density at radius 2 is 1.93 bits per heavy atom. The van der Waals surface area contributed by atoms with Gasteiger partial charge in [-0.05, 0) is 36.6 Å². The Bertz CT molecular complexity index is 807. The van der Waals surface area contributed by atoms with Gasteiger partial charge in [-0.25, -0.2) is 4.98 Å². The number of hydrogen-bond acceptors (Lipinski definition) is 4. The quantitative estimate of drug-likeness (QED) is 0.631. The van der Waals surface area contributed by atoms with E-state index in [0.717, 1.165) is 41.0 Å². The predicted octanol–water partition coefficient (Wildman–Crippen LogP) is 3.83. The van der Waals surface area contributed by atoms with E-state index in [1.165, 1.54) is 11.8 Å². The highest BCUT2D eigenvalue weighted by molar-refractivity contribution is 9.10. The number of nitrogens with zero attached hydrogens (tertiary/aromatic N) is 3. The molecule has 0 atom stereocenters. The van der Waals surface area contributed by atoms with E-state index in [4.69, 9.17) is 0 Å². The van der Waals surface area contributed by atoms with Crippen LogP contribution in [0.15, 0.2) is 52.1 Å². The Balaban J connectivity index is 1.51. The molecule has 0 N–H and O–H groups in total. The number of hydrogen-bond donors (Lipinski definition) is 0. The van der Waals surface area contributed by atoms with Crippen molar-refractivity contribution in [1.82, 2.24) is 14.8 Å². The summed E-state index contributed by atoms with van der Waals surface area (Å²) in [7, 11) is 1.80. The molecule has 1 aliphatic heterocycles. The third kappa shape index (κ3) is 5.32. The maximum absolute atomic E-state index is 12.4. The molecular formula is C20H22BrN3O2S. The van der Waals surface area contributed by atoms with Crippen LogP contribution in [0.5, 0.6) is 0 Å². The highest BCUT2D eigenvalue weighted by Gasteiger charge is 2.19. The number of aromatic nitrogens is 1. The number of carbonyl (C=O) groups is 2. The van der Waals surface area contributed by atoms with Gasteiger partial charge in [0.25, 0.3) is 5.91 Å². The summed E-state index contributed by atoms with van der Waals surface area (Å²) in [6.45, 7) is 2.21. The van der Waals surface area contributed by atoms with E-state index in [2.05, 4.69) is 20.9 Å². The fourth-order valence-electron chi connectivity index (χ4n) is 2.91. The van der Waals surface area contributed by atoms with Gasteiger partial charge in [-0.15, -0.1) is 0 Å². The third-order valence-corrected chi connectivity index (χ3v) is 6.21. The van der Waals surface area contributed by atoms with Crippen LogP contribution in [-0.2, 0) is 11.3 Å². The number of amides is 2. The van der Waals surface area contributed by atoms with Crippen molar-refractivity contribution in [3.63, 3.8) is 0 Å². The molecule has 0 bridgehead atoms. The molecule has 3 rings (SSSR count). The normalized spacial score (nSPS) is 13.6. The molecule has 5 nitrogen and oxygen atoms in total. The van der Waals surface area contributed by atoms with Crippen molar-refractivity contribution in [3.05, 3.63) is 58.2 Å². The van der Waals surface area contributed by atoms with Gasteiger partial charge in [0.1, 0.15) is 0 Å². The molecule has 0 saturated carbocycles. The summed E-state index contributed by atoms with van der Waals surface area (Å²) in [5, 5.41) is 0.746. The molecule has 2 aromatic rings. The standard InChI is InChI=1S/C20H22BrN3O2S/c1-23(13-16-6-2-3-7-17(16)21)19(25)14-27-18-9-8-15(12-22-18)20(26)24-10-4-5-11-24/h2-3,6-9,12H,4-5,10-11,13-14H2,1H3. The van der Waals surface area contributed by atoms with Crippen LogP contribution in [0.1, 0.15) is 28.8 Å². The van der Waals surface area contributed by atoms with Crippen LogP contribution < -0.4 is 0 Å². The Kier molecular flexibility index (Phi) is 6.90. The first kappa shape index (κ1) is 19.9. The molecule has 1 aromatic heterocycles. The van der Waals surface area contributed by atoms with Crippen molar-refractivity contribution in [2.24, 2.45) is 0 Å². The zero-order valence-electron chi connectivity index (χ0n) is 15.2. The van der Waals surface area contributed by atoms with E-state index in [9.17, 15) is 9.59 Å². The number of halogens is 1. The van der Waals surface area contributed by atoms with Crippen molar-refractivity contribution in [1.29, 1.82) is 0 Å². The Morgan fingerprint density at radius 1 is 1.19 bits per heavy atom. The molecule has 142 valence electrons. The number of pyridine rings is 1. The summed E-state index contributed by atoms with van der Waals surface area (Å²) in [6, 6.07) is 11.5. The van der Waals surface area contributed by atoms with Crippen LogP contribution in [0.2, 0.25) is 0 Å². The Morgan fingerprint density at radius 3 is 2.59 bits per heavy atom. The van der Waals surface area contributed by atoms with Crippen LogP contribution in [0.4, 0.5) is 0 Å². The second-order valence-corrected chi connectivity index (χ2v) is 8.36. The number of likely N-dealkylation sites (tertiary alicyclic amines) is 1. The highest BCUT2D eigenvalue weighted by atomic mass is 79.9. The molecule has 0 unspecified atom stereocenters. The Labute approximate surface area is 172 Å². The smallest absolute Gasteiger partial charge is 0.255 e. The fraction of sp³-hybridized carbons (Fsp3) is 0.350. The molecule has 0 spiro atoms. The van der Waals surface area contributed by atoms with Crippen molar-refractivity contribution < 1.29 is 9.59 Å². The second kappa shape index (κ2) is 9.37. The first-order chi connectivity index (χ1) is 13.0. The van der Waals surface area contributed by atoms with Crippen LogP contribution in [-0.4, -0.2) is 52.5 Å². The molecular weight excluding hydrogens is 426 g/mol. The molecule has 27 heavy (non-hydrogen) atoms. The van der Waals surface area contributed by atoms with Gasteiger partial charge in [0.05, 0.1) is 16.3 Å². The summed E-state index contributed by atoms with van der Waals surface area (Å²) in [6.07, 6.45) is 3.75. The van der Waals surface area contributed by atoms with Crippen LogP contribution in [0, 0.1) is 0 Å². The molecule has 1 fully saturated rings. The summed E-state index contributed by atoms with van der Waals surface area (Å²) < 4.78 is 0.997. The van der Waals surface area contributed by atoms with E-state index in [0.29, 0.717) is 17.9 Å². The predicted molar refractivity (Wildman–Crippen MR) is 111 cm³/mol. The lowest BCUT2D eigenvalue weighted by atomic mass is 10.2. The van der Waals surface area contributed by atoms with E-state index in [-0.39, 0.29) is 11.8 Å². The number of rotatable bonds is 6. The lowest BCUT2D eigenvalue weighted by molar-refractivity contribution is -0.127.